The minimum atomic E-state index is -0.806. The SMILES string of the molecule is CC(Oc1cc(Cl)cnc1N)c1cccc(NC(=O)c2cccc(C3(O)CCC3)c2)c1. The molecule has 1 unspecified atom stereocenters. The molecular weight excluding hydrogens is 414 g/mol. The number of pyridine rings is 1. The van der Waals surface area contributed by atoms with Gasteiger partial charge in [0.1, 0.15) is 6.10 Å². The fourth-order valence-electron chi connectivity index (χ4n) is 3.61. The number of anilines is 2. The molecule has 0 radical (unpaired) electrons. The number of nitrogen functional groups attached to an aromatic ring is 1. The van der Waals surface area contributed by atoms with Crippen molar-refractivity contribution in [2.24, 2.45) is 0 Å². The van der Waals surface area contributed by atoms with E-state index in [1.807, 2.05) is 37.3 Å². The van der Waals surface area contributed by atoms with E-state index < -0.39 is 5.60 Å². The maximum Gasteiger partial charge on any atom is 0.255 e. The van der Waals surface area contributed by atoms with Crippen LogP contribution in [0.25, 0.3) is 0 Å². The molecule has 1 amide bonds. The van der Waals surface area contributed by atoms with Crippen molar-refractivity contribution >= 4 is 29.0 Å². The molecule has 1 fully saturated rings. The van der Waals surface area contributed by atoms with Gasteiger partial charge in [-0.1, -0.05) is 35.9 Å². The van der Waals surface area contributed by atoms with Crippen LogP contribution in [0.2, 0.25) is 5.02 Å². The number of aromatic nitrogens is 1. The first-order chi connectivity index (χ1) is 14.8. The molecule has 160 valence electrons. The van der Waals surface area contributed by atoms with Gasteiger partial charge in [-0.15, -0.1) is 0 Å². The number of hydrogen-bond donors (Lipinski definition) is 3. The quantitative estimate of drug-likeness (QED) is 0.499. The summed E-state index contributed by atoms with van der Waals surface area (Å²) in [6.07, 6.45) is 3.57. The predicted octanol–water partition coefficient (Wildman–Crippen LogP) is 5.08. The Labute approximate surface area is 186 Å². The van der Waals surface area contributed by atoms with E-state index in [0.717, 1.165) is 30.4 Å². The number of carbonyl (C=O) groups is 1. The fourth-order valence-corrected chi connectivity index (χ4v) is 3.75. The van der Waals surface area contributed by atoms with Gasteiger partial charge in [0.25, 0.3) is 5.91 Å². The number of amides is 1. The van der Waals surface area contributed by atoms with E-state index in [2.05, 4.69) is 10.3 Å². The van der Waals surface area contributed by atoms with Crippen LogP contribution in [0.4, 0.5) is 11.5 Å². The lowest BCUT2D eigenvalue weighted by molar-refractivity contribution is -0.0388. The van der Waals surface area contributed by atoms with Crippen LogP contribution in [-0.4, -0.2) is 16.0 Å². The topological polar surface area (TPSA) is 97.5 Å². The van der Waals surface area contributed by atoms with Crippen molar-refractivity contribution in [3.63, 3.8) is 0 Å². The van der Waals surface area contributed by atoms with Gasteiger partial charge < -0.3 is 20.9 Å². The van der Waals surface area contributed by atoms with E-state index in [1.165, 1.54) is 6.20 Å². The van der Waals surface area contributed by atoms with Crippen molar-refractivity contribution in [1.29, 1.82) is 0 Å². The zero-order valence-electron chi connectivity index (χ0n) is 17.1. The number of ether oxygens (including phenoxy) is 1. The average molecular weight is 438 g/mol. The first-order valence-corrected chi connectivity index (χ1v) is 10.5. The van der Waals surface area contributed by atoms with Crippen molar-refractivity contribution in [3.05, 3.63) is 82.5 Å². The third-order valence-corrected chi connectivity index (χ3v) is 5.82. The van der Waals surface area contributed by atoms with Crippen LogP contribution in [0.15, 0.2) is 60.8 Å². The van der Waals surface area contributed by atoms with Crippen molar-refractivity contribution in [2.45, 2.75) is 37.9 Å². The molecule has 1 atom stereocenters. The van der Waals surface area contributed by atoms with Gasteiger partial charge in [-0.05, 0) is 61.6 Å². The first kappa shape index (κ1) is 21.2. The normalized spacial score (nSPS) is 15.6. The lowest BCUT2D eigenvalue weighted by atomic mass is 9.75. The molecule has 4 rings (SSSR count). The number of nitrogens with two attached hydrogens (primary N) is 1. The predicted molar refractivity (Wildman–Crippen MR) is 121 cm³/mol. The number of rotatable bonds is 6. The standard InChI is InChI=1S/C24H24ClN3O3/c1-15(31-21-13-19(25)14-27-22(21)26)16-5-3-8-20(12-16)28-23(29)17-6-2-7-18(11-17)24(30)9-4-10-24/h2-3,5-8,11-15,30H,4,9-10H2,1H3,(H2,26,27)(H,28,29). The van der Waals surface area contributed by atoms with E-state index in [9.17, 15) is 9.90 Å². The molecule has 6 nitrogen and oxygen atoms in total. The molecule has 1 aliphatic rings. The molecule has 31 heavy (non-hydrogen) atoms. The highest BCUT2D eigenvalue weighted by Crippen LogP contribution is 2.41. The van der Waals surface area contributed by atoms with Crippen molar-refractivity contribution in [3.8, 4) is 5.75 Å². The van der Waals surface area contributed by atoms with Crippen molar-refractivity contribution in [2.75, 3.05) is 11.1 Å². The molecule has 1 aliphatic carbocycles. The van der Waals surface area contributed by atoms with Gasteiger partial charge in [0.05, 0.1) is 10.6 Å². The van der Waals surface area contributed by atoms with Gasteiger partial charge in [0.15, 0.2) is 11.6 Å². The maximum atomic E-state index is 12.8. The van der Waals surface area contributed by atoms with Gasteiger partial charge in [-0.2, -0.15) is 0 Å². The average Bonchev–Trinajstić information content (AvgIpc) is 2.75. The third kappa shape index (κ3) is 4.65. The molecule has 2 aromatic carbocycles. The summed E-state index contributed by atoms with van der Waals surface area (Å²) in [4.78, 5) is 16.8. The number of hydrogen-bond acceptors (Lipinski definition) is 5. The van der Waals surface area contributed by atoms with Crippen molar-refractivity contribution in [1.82, 2.24) is 4.98 Å². The Hall–Kier alpha value is -3.09. The number of aliphatic hydroxyl groups is 1. The third-order valence-electron chi connectivity index (χ3n) is 5.61. The smallest absolute Gasteiger partial charge is 0.255 e. The molecule has 1 heterocycles. The first-order valence-electron chi connectivity index (χ1n) is 10.2. The van der Waals surface area contributed by atoms with Crippen molar-refractivity contribution < 1.29 is 14.6 Å². The van der Waals surface area contributed by atoms with Gasteiger partial charge in [0.2, 0.25) is 0 Å². The molecule has 1 saturated carbocycles. The number of halogens is 1. The summed E-state index contributed by atoms with van der Waals surface area (Å²) in [5, 5.41) is 13.9. The minimum absolute atomic E-state index is 0.237. The molecule has 0 saturated heterocycles. The van der Waals surface area contributed by atoms with Crippen LogP contribution < -0.4 is 15.8 Å². The maximum absolute atomic E-state index is 12.8. The number of nitrogens with zero attached hydrogens (tertiary/aromatic N) is 1. The Balaban J connectivity index is 1.48. The van der Waals surface area contributed by atoms with Gasteiger partial charge >= 0.3 is 0 Å². The Kier molecular flexibility index (Phi) is 5.85. The number of benzene rings is 2. The van der Waals surface area contributed by atoms with Crippen LogP contribution in [0.5, 0.6) is 5.75 Å². The summed E-state index contributed by atoms with van der Waals surface area (Å²) in [5.41, 5.74) is 7.85. The summed E-state index contributed by atoms with van der Waals surface area (Å²) >= 11 is 5.98. The number of carbonyl (C=O) groups excluding carboxylic acids is 1. The van der Waals surface area contributed by atoms with E-state index in [0.29, 0.717) is 22.0 Å². The lowest BCUT2D eigenvalue weighted by Gasteiger charge is -2.37. The Morgan fingerprint density at radius 1 is 1.23 bits per heavy atom. The van der Waals surface area contributed by atoms with E-state index >= 15 is 0 Å². The van der Waals surface area contributed by atoms with Crippen LogP contribution in [0.3, 0.4) is 0 Å². The second-order valence-corrected chi connectivity index (χ2v) is 8.28. The molecule has 4 N–H and O–H groups in total. The van der Waals surface area contributed by atoms with Crippen LogP contribution in [0.1, 0.15) is 53.8 Å². The lowest BCUT2D eigenvalue weighted by Crippen LogP contribution is -2.33. The summed E-state index contributed by atoms with van der Waals surface area (Å²) in [6.45, 7) is 1.88. The molecule has 7 heteroatoms. The monoisotopic (exact) mass is 437 g/mol. The van der Waals surface area contributed by atoms with Gasteiger partial charge in [-0.25, -0.2) is 4.98 Å². The summed E-state index contributed by atoms with van der Waals surface area (Å²) in [7, 11) is 0. The zero-order chi connectivity index (χ0) is 22.0. The van der Waals surface area contributed by atoms with Crippen LogP contribution >= 0.6 is 11.6 Å². The van der Waals surface area contributed by atoms with E-state index in [4.69, 9.17) is 22.1 Å². The fraction of sp³-hybridized carbons (Fsp3) is 0.250. The highest BCUT2D eigenvalue weighted by Gasteiger charge is 2.36. The summed E-state index contributed by atoms with van der Waals surface area (Å²) in [6, 6.07) is 16.2. The van der Waals surface area contributed by atoms with Crippen LogP contribution in [0, 0.1) is 0 Å². The van der Waals surface area contributed by atoms with E-state index in [-0.39, 0.29) is 17.8 Å². The Morgan fingerprint density at radius 2 is 2.00 bits per heavy atom. The Bertz CT molecular complexity index is 1110. The molecule has 3 aromatic rings. The summed E-state index contributed by atoms with van der Waals surface area (Å²) in [5.74, 6) is 0.424. The van der Waals surface area contributed by atoms with Gasteiger partial charge in [-0.3, -0.25) is 4.79 Å². The largest absolute Gasteiger partial charge is 0.482 e. The van der Waals surface area contributed by atoms with Crippen LogP contribution in [-0.2, 0) is 5.60 Å². The molecule has 0 spiro atoms. The molecule has 0 bridgehead atoms. The molecule has 1 aromatic heterocycles. The summed E-state index contributed by atoms with van der Waals surface area (Å²) < 4.78 is 5.92. The Morgan fingerprint density at radius 3 is 2.74 bits per heavy atom. The zero-order valence-corrected chi connectivity index (χ0v) is 17.9. The second-order valence-electron chi connectivity index (χ2n) is 7.84. The minimum Gasteiger partial charge on any atom is -0.482 e. The molecule has 0 aliphatic heterocycles. The second kappa shape index (κ2) is 8.57. The highest BCUT2D eigenvalue weighted by molar-refractivity contribution is 6.30. The van der Waals surface area contributed by atoms with E-state index in [1.54, 1.807) is 24.3 Å². The number of nitrogens with one attached hydrogen (secondary N) is 1. The highest BCUT2D eigenvalue weighted by atomic mass is 35.5. The van der Waals surface area contributed by atoms with Gasteiger partial charge in [0, 0.05) is 23.5 Å². The molecular formula is C24H24ClN3O3.